The van der Waals surface area contributed by atoms with E-state index in [1.165, 1.54) is 0 Å². The normalized spacial score (nSPS) is 19.9. The topological polar surface area (TPSA) is 126 Å². The maximum atomic E-state index is 13.0. The van der Waals surface area contributed by atoms with Gasteiger partial charge in [-0.25, -0.2) is 4.79 Å². The van der Waals surface area contributed by atoms with E-state index in [1.54, 1.807) is 49.3 Å². The predicted octanol–water partition coefficient (Wildman–Crippen LogP) is 3.42. The summed E-state index contributed by atoms with van der Waals surface area (Å²) < 4.78 is 45.9. The molecule has 1 saturated heterocycles. The van der Waals surface area contributed by atoms with Crippen LogP contribution in [0.15, 0.2) is 47.0 Å². The highest BCUT2D eigenvalue weighted by atomic mass is 32.2. The number of carbonyl (C=O) groups excluding carboxylic acids is 3. The minimum Gasteiger partial charge on any atom is -0.464 e. The summed E-state index contributed by atoms with van der Waals surface area (Å²) >= 11 is 3.46. The molecule has 0 aromatic heterocycles. The number of nitrogens with zero attached hydrogens (tertiary/aromatic N) is 1. The molecule has 0 bridgehead atoms. The zero-order chi connectivity index (χ0) is 29.5. The first-order chi connectivity index (χ1) is 18.9. The quantitative estimate of drug-likeness (QED) is 0.0907. The van der Waals surface area contributed by atoms with Crippen molar-refractivity contribution in [1.82, 2.24) is 0 Å². The molecule has 2 aliphatic heterocycles. The van der Waals surface area contributed by atoms with Crippen LogP contribution in [0.1, 0.15) is 32.3 Å². The van der Waals surface area contributed by atoms with Crippen LogP contribution in [-0.4, -0.2) is 82.8 Å². The van der Waals surface area contributed by atoms with Gasteiger partial charge in [-0.3, -0.25) is 13.8 Å². The third kappa shape index (κ3) is 7.83. The van der Waals surface area contributed by atoms with Gasteiger partial charge in [0, 0.05) is 40.7 Å². The molecule has 0 N–H and O–H groups in total. The molecule has 3 rings (SSSR count). The number of thioether (sulfide) groups is 2. The molecule has 1 atom stereocenters. The summed E-state index contributed by atoms with van der Waals surface area (Å²) in [6, 6.07) is 7.35. The van der Waals surface area contributed by atoms with Crippen molar-refractivity contribution in [1.29, 1.82) is 0 Å². The number of fused-ring (bicyclic) bond motifs is 1. The first kappa shape index (κ1) is 32.0. The number of esters is 3. The fourth-order valence-corrected chi connectivity index (χ4v) is 7.91. The number of anilines is 1. The molecule has 1 aromatic rings. The van der Waals surface area contributed by atoms with Gasteiger partial charge in [-0.15, -0.1) is 11.8 Å². The number of rotatable bonds is 11. The Morgan fingerprint density at radius 2 is 1.70 bits per heavy atom. The maximum Gasteiger partial charge on any atom is 0.354 e. The molecular formula is C27H35NO9S3. The van der Waals surface area contributed by atoms with E-state index in [2.05, 4.69) is 6.58 Å². The second-order valence-electron chi connectivity index (χ2n) is 9.74. The van der Waals surface area contributed by atoms with Crippen molar-refractivity contribution < 1.29 is 41.2 Å². The molecule has 0 amide bonds. The highest BCUT2D eigenvalue weighted by Gasteiger charge is 2.46. The van der Waals surface area contributed by atoms with E-state index in [0.29, 0.717) is 0 Å². The summed E-state index contributed by atoms with van der Waals surface area (Å²) in [4.78, 5) is 38.1. The number of hydrogen-bond donors (Lipinski definition) is 0. The summed E-state index contributed by atoms with van der Waals surface area (Å²) in [6.45, 7) is 7.18. The van der Waals surface area contributed by atoms with Crippen molar-refractivity contribution in [2.45, 2.75) is 37.4 Å². The van der Waals surface area contributed by atoms with Crippen molar-refractivity contribution in [2.75, 3.05) is 56.1 Å². The summed E-state index contributed by atoms with van der Waals surface area (Å²) in [7, 11) is -1.82. The molecule has 0 saturated carbocycles. The lowest BCUT2D eigenvalue weighted by molar-refractivity contribution is -0.152. The molecule has 0 aliphatic carbocycles. The third-order valence-corrected chi connectivity index (χ3v) is 10.5. The summed E-state index contributed by atoms with van der Waals surface area (Å²) in [5, 5.41) is 0.181. The maximum absolute atomic E-state index is 13.0. The molecular weight excluding hydrogens is 578 g/mol. The van der Waals surface area contributed by atoms with Crippen LogP contribution in [0.25, 0.3) is 0 Å². The van der Waals surface area contributed by atoms with Gasteiger partial charge in [0.25, 0.3) is 0 Å². The first-order valence-electron chi connectivity index (χ1n) is 12.6. The molecule has 13 heteroatoms. The number of hydrogen-bond acceptors (Lipinski definition) is 12. The van der Waals surface area contributed by atoms with Crippen LogP contribution < -0.4 is 4.90 Å². The lowest BCUT2D eigenvalue weighted by Crippen LogP contribution is -2.32. The number of allylic oxidation sites excluding steroid dienone is 1. The minimum atomic E-state index is -4.46. The van der Waals surface area contributed by atoms with Crippen molar-refractivity contribution in [2.24, 2.45) is 0 Å². The Kier molecular flexibility index (Phi) is 11.2. The van der Waals surface area contributed by atoms with E-state index in [9.17, 15) is 22.8 Å². The Hall–Kier alpha value is -2.48. The smallest absolute Gasteiger partial charge is 0.354 e. The van der Waals surface area contributed by atoms with Crippen LogP contribution in [0.4, 0.5) is 5.69 Å². The van der Waals surface area contributed by atoms with Gasteiger partial charge in [0.05, 0.1) is 25.6 Å². The number of likely N-dealkylation sites (N-methyl/N-ethyl adjacent to an activating group) is 1. The van der Waals surface area contributed by atoms with Crippen molar-refractivity contribution in [3.05, 3.63) is 52.6 Å². The first-order valence-corrected chi connectivity index (χ1v) is 16.2. The number of ether oxygens (including phenoxy) is 3. The largest absolute Gasteiger partial charge is 0.464 e. The second kappa shape index (κ2) is 13.9. The van der Waals surface area contributed by atoms with E-state index < -0.39 is 38.3 Å². The lowest BCUT2D eigenvalue weighted by atomic mass is 9.83. The monoisotopic (exact) mass is 613 g/mol. The van der Waals surface area contributed by atoms with Crippen LogP contribution in [0.2, 0.25) is 0 Å². The fourth-order valence-electron chi connectivity index (χ4n) is 4.44. The van der Waals surface area contributed by atoms with Crippen LogP contribution in [-0.2, 0) is 48.3 Å². The van der Waals surface area contributed by atoms with Crippen LogP contribution in [0, 0.1) is 0 Å². The fraction of sp³-hybridized carbons (Fsp3) is 0.519. The number of para-hydroxylation sites is 1. The van der Waals surface area contributed by atoms with Gasteiger partial charge in [-0.2, -0.15) is 20.2 Å². The van der Waals surface area contributed by atoms with Crippen molar-refractivity contribution in [3.8, 4) is 0 Å². The molecule has 2 heterocycles. The zero-order valence-corrected chi connectivity index (χ0v) is 25.5. The van der Waals surface area contributed by atoms with Gasteiger partial charge in [0.2, 0.25) is 0 Å². The molecule has 1 fully saturated rings. The molecule has 40 heavy (non-hydrogen) atoms. The second-order valence-corrected chi connectivity index (χ2v) is 13.7. The SMILES string of the molecule is C=C1CSCC(COC(=O)CCC(=O)OCCOC(=O)/C(=C2/N(C)c3ccccc3C2(C)C)S(=O)(=O)OC)SC1. The van der Waals surface area contributed by atoms with E-state index in [4.69, 9.17) is 18.4 Å². The van der Waals surface area contributed by atoms with Crippen LogP contribution in [0.5, 0.6) is 0 Å². The summed E-state index contributed by atoms with van der Waals surface area (Å²) in [6.07, 6.45) is -0.332. The average Bonchev–Trinajstić information content (AvgIpc) is 3.04. The lowest BCUT2D eigenvalue weighted by Gasteiger charge is -2.26. The number of carbonyl (C=O) groups is 3. The molecule has 0 spiro atoms. The highest BCUT2D eigenvalue weighted by molar-refractivity contribution is 8.04. The van der Waals surface area contributed by atoms with Crippen LogP contribution in [0.3, 0.4) is 0 Å². The standard InChI is InChI=1S/C27H35NO9S3/c1-18-15-38-17-19(39-16-18)14-37-23(30)11-10-22(29)35-12-13-36-26(31)24(40(32,33)34-5)25-27(2,3)20-8-6-7-9-21(20)28(25)4/h6-9,19H,1,10-17H2,2-5H3/b25-24-. The van der Waals surface area contributed by atoms with Crippen molar-refractivity contribution >= 4 is 57.2 Å². The average molecular weight is 614 g/mol. The van der Waals surface area contributed by atoms with Gasteiger partial charge < -0.3 is 19.1 Å². The zero-order valence-electron chi connectivity index (χ0n) is 23.1. The summed E-state index contributed by atoms with van der Waals surface area (Å²) in [5.41, 5.74) is 2.13. The summed E-state index contributed by atoms with van der Waals surface area (Å²) in [5.74, 6) is 0.318. The third-order valence-electron chi connectivity index (χ3n) is 6.41. The van der Waals surface area contributed by atoms with Crippen LogP contribution >= 0.6 is 23.5 Å². The molecule has 10 nitrogen and oxygen atoms in total. The highest BCUT2D eigenvalue weighted by Crippen LogP contribution is 2.48. The molecule has 2 aliphatic rings. The molecule has 220 valence electrons. The van der Waals surface area contributed by atoms with Gasteiger partial charge in [-0.05, 0) is 11.6 Å². The predicted molar refractivity (Wildman–Crippen MR) is 156 cm³/mol. The Bertz CT molecular complexity index is 1270. The van der Waals surface area contributed by atoms with Gasteiger partial charge in [0.1, 0.15) is 19.8 Å². The van der Waals surface area contributed by atoms with Gasteiger partial charge >= 0.3 is 28.0 Å². The van der Waals surface area contributed by atoms with Crippen molar-refractivity contribution in [3.63, 3.8) is 0 Å². The molecule has 0 radical (unpaired) electrons. The Balaban J connectivity index is 1.51. The molecule has 1 aromatic carbocycles. The molecule has 1 unspecified atom stereocenters. The van der Waals surface area contributed by atoms with Gasteiger partial charge in [-0.1, -0.05) is 44.2 Å². The van der Waals surface area contributed by atoms with E-state index >= 15 is 0 Å². The van der Waals surface area contributed by atoms with Gasteiger partial charge in [0.15, 0.2) is 4.91 Å². The minimum absolute atomic E-state index is 0.139. The van der Waals surface area contributed by atoms with E-state index in [-0.39, 0.29) is 43.6 Å². The Morgan fingerprint density at radius 1 is 1.05 bits per heavy atom. The Morgan fingerprint density at radius 3 is 2.38 bits per heavy atom. The Labute approximate surface area is 243 Å². The van der Waals surface area contributed by atoms with E-state index in [0.717, 1.165) is 41.2 Å². The number of benzene rings is 1. The van der Waals surface area contributed by atoms with E-state index in [1.807, 2.05) is 24.3 Å².